The van der Waals surface area contributed by atoms with Gasteiger partial charge in [-0.15, -0.1) is 0 Å². The molecule has 7 heteroatoms. The third-order valence-electron chi connectivity index (χ3n) is 4.75. The molecule has 0 bridgehead atoms. The number of carbonyl (C=O) groups is 2. The molecule has 2 N–H and O–H groups in total. The van der Waals surface area contributed by atoms with E-state index in [0.717, 1.165) is 12.1 Å². The molecule has 1 aliphatic carbocycles. The van der Waals surface area contributed by atoms with Gasteiger partial charge in [0.2, 0.25) is 11.8 Å². The Balaban J connectivity index is 1.51. The highest BCUT2D eigenvalue weighted by Crippen LogP contribution is 2.31. The third-order valence-corrected chi connectivity index (χ3v) is 4.98. The van der Waals surface area contributed by atoms with Gasteiger partial charge in [0.1, 0.15) is 0 Å². The topological polar surface area (TPSA) is 58.2 Å². The normalized spacial score (nSPS) is 19.4. The predicted octanol–water partition coefficient (Wildman–Crippen LogP) is 5.00. The molecule has 0 heterocycles. The summed E-state index contributed by atoms with van der Waals surface area (Å²) in [5.74, 6) is -2.72. The lowest BCUT2D eigenvalue weighted by molar-refractivity contribution is -0.125. The molecule has 0 unspecified atom stereocenters. The number of rotatable bonds is 4. The molecule has 1 fully saturated rings. The Morgan fingerprint density at radius 1 is 0.815 bits per heavy atom. The fraction of sp³-hybridized carbons (Fsp3) is 0.300. The number of nitrogens with one attached hydrogen (secondary N) is 2. The monoisotopic (exact) mass is 392 g/mol. The lowest BCUT2D eigenvalue weighted by Crippen LogP contribution is -2.32. The minimum atomic E-state index is -1.01. The number of halogens is 3. The average molecular weight is 393 g/mol. The second-order valence-corrected chi connectivity index (χ2v) is 7.10. The van der Waals surface area contributed by atoms with Crippen LogP contribution in [0.1, 0.15) is 25.7 Å². The highest BCUT2D eigenvalue weighted by Gasteiger charge is 2.30. The van der Waals surface area contributed by atoms with Gasteiger partial charge in [-0.1, -0.05) is 17.7 Å². The molecule has 27 heavy (non-hydrogen) atoms. The van der Waals surface area contributed by atoms with E-state index in [4.69, 9.17) is 11.6 Å². The second kappa shape index (κ2) is 8.48. The van der Waals surface area contributed by atoms with Crippen molar-refractivity contribution in [3.05, 3.63) is 59.1 Å². The molecule has 0 spiro atoms. The van der Waals surface area contributed by atoms with Gasteiger partial charge in [0.05, 0.1) is 0 Å². The fourth-order valence-corrected chi connectivity index (χ4v) is 3.44. The van der Waals surface area contributed by atoms with Gasteiger partial charge in [0, 0.05) is 34.3 Å². The molecule has 0 saturated heterocycles. The molecule has 2 amide bonds. The number of hydrogen-bond acceptors (Lipinski definition) is 2. The van der Waals surface area contributed by atoms with Crippen LogP contribution < -0.4 is 10.6 Å². The number of benzene rings is 2. The Morgan fingerprint density at radius 2 is 1.37 bits per heavy atom. The molecule has 1 saturated carbocycles. The van der Waals surface area contributed by atoms with Crippen LogP contribution in [-0.2, 0) is 9.59 Å². The molecule has 0 aromatic heterocycles. The summed E-state index contributed by atoms with van der Waals surface area (Å²) in [6.45, 7) is 0. The first-order valence-electron chi connectivity index (χ1n) is 8.74. The van der Waals surface area contributed by atoms with Gasteiger partial charge in [-0.3, -0.25) is 9.59 Å². The summed E-state index contributed by atoms with van der Waals surface area (Å²) >= 11 is 5.91. The van der Waals surface area contributed by atoms with Crippen molar-refractivity contribution in [1.82, 2.24) is 0 Å². The third kappa shape index (κ3) is 5.04. The highest BCUT2D eigenvalue weighted by atomic mass is 35.5. The van der Waals surface area contributed by atoms with Gasteiger partial charge < -0.3 is 10.6 Å². The van der Waals surface area contributed by atoms with Crippen molar-refractivity contribution in [2.45, 2.75) is 25.7 Å². The lowest BCUT2D eigenvalue weighted by atomic mass is 9.81. The van der Waals surface area contributed by atoms with E-state index in [1.807, 2.05) is 0 Å². The van der Waals surface area contributed by atoms with Crippen LogP contribution in [0.2, 0.25) is 5.02 Å². The molecule has 2 aromatic rings. The Bertz CT molecular complexity index is 852. The molecular weight excluding hydrogens is 374 g/mol. The quantitative estimate of drug-likeness (QED) is 0.769. The maximum atomic E-state index is 13.2. The van der Waals surface area contributed by atoms with Crippen LogP contribution in [0, 0.1) is 23.5 Å². The van der Waals surface area contributed by atoms with E-state index in [0.29, 0.717) is 36.4 Å². The number of carbonyl (C=O) groups excluding carboxylic acids is 2. The molecule has 2 aromatic carbocycles. The summed E-state index contributed by atoms with van der Waals surface area (Å²) in [6, 6.07) is 10.2. The maximum absolute atomic E-state index is 13.2. The number of amides is 2. The number of anilines is 2. The van der Waals surface area contributed by atoms with Gasteiger partial charge in [0.15, 0.2) is 11.6 Å². The van der Waals surface area contributed by atoms with Crippen LogP contribution in [0.5, 0.6) is 0 Å². The summed E-state index contributed by atoms with van der Waals surface area (Å²) in [4.78, 5) is 24.7. The van der Waals surface area contributed by atoms with E-state index < -0.39 is 11.6 Å². The van der Waals surface area contributed by atoms with E-state index in [-0.39, 0.29) is 29.3 Å². The Hall–Kier alpha value is -2.47. The summed E-state index contributed by atoms with van der Waals surface area (Å²) in [5, 5.41) is 6.00. The van der Waals surface area contributed by atoms with E-state index in [1.54, 1.807) is 24.3 Å². The predicted molar refractivity (Wildman–Crippen MR) is 101 cm³/mol. The zero-order valence-electron chi connectivity index (χ0n) is 14.5. The van der Waals surface area contributed by atoms with E-state index >= 15 is 0 Å². The highest BCUT2D eigenvalue weighted by molar-refractivity contribution is 6.30. The molecule has 142 valence electrons. The standard InChI is InChI=1S/C20H19ClF2N2O2/c21-14-2-1-3-15(10-14)24-19(26)12-4-6-13(7-5-12)20(27)25-16-8-9-17(22)18(23)11-16/h1-3,8-13H,4-7H2,(H,24,26)(H,25,27). The average Bonchev–Trinajstić information content (AvgIpc) is 2.65. The van der Waals surface area contributed by atoms with Crippen molar-refractivity contribution in [2.24, 2.45) is 11.8 Å². The van der Waals surface area contributed by atoms with Crippen molar-refractivity contribution in [3.63, 3.8) is 0 Å². The maximum Gasteiger partial charge on any atom is 0.227 e. The van der Waals surface area contributed by atoms with Gasteiger partial charge >= 0.3 is 0 Å². The Labute approximate surface area is 160 Å². The minimum Gasteiger partial charge on any atom is -0.326 e. The smallest absolute Gasteiger partial charge is 0.227 e. The SMILES string of the molecule is O=C(Nc1cccc(Cl)c1)C1CCC(C(=O)Nc2ccc(F)c(F)c2)CC1. The van der Waals surface area contributed by atoms with Crippen molar-refractivity contribution in [1.29, 1.82) is 0 Å². The lowest BCUT2D eigenvalue weighted by Gasteiger charge is -2.27. The first-order chi connectivity index (χ1) is 12.9. The van der Waals surface area contributed by atoms with Gasteiger partial charge in [-0.05, 0) is 56.0 Å². The van der Waals surface area contributed by atoms with Crippen LogP contribution in [0.25, 0.3) is 0 Å². The molecule has 0 atom stereocenters. The van der Waals surface area contributed by atoms with Crippen molar-refractivity contribution < 1.29 is 18.4 Å². The Kier molecular flexibility index (Phi) is 6.06. The summed E-state index contributed by atoms with van der Waals surface area (Å²) in [5.41, 5.74) is 0.866. The molecular formula is C20H19ClF2N2O2. The fourth-order valence-electron chi connectivity index (χ4n) is 3.25. The van der Waals surface area contributed by atoms with Gasteiger partial charge in [0.25, 0.3) is 0 Å². The van der Waals surface area contributed by atoms with Crippen LogP contribution in [-0.4, -0.2) is 11.8 Å². The van der Waals surface area contributed by atoms with Gasteiger partial charge in [-0.2, -0.15) is 0 Å². The van der Waals surface area contributed by atoms with Crippen molar-refractivity contribution >= 4 is 34.8 Å². The molecule has 1 aliphatic rings. The van der Waals surface area contributed by atoms with E-state index in [9.17, 15) is 18.4 Å². The first-order valence-corrected chi connectivity index (χ1v) is 9.12. The van der Waals surface area contributed by atoms with Crippen molar-refractivity contribution in [3.8, 4) is 0 Å². The van der Waals surface area contributed by atoms with Crippen LogP contribution in [0.4, 0.5) is 20.2 Å². The van der Waals surface area contributed by atoms with E-state index in [2.05, 4.69) is 10.6 Å². The summed E-state index contributed by atoms with van der Waals surface area (Å²) < 4.78 is 26.2. The summed E-state index contributed by atoms with van der Waals surface area (Å²) in [6.07, 6.45) is 2.29. The number of hydrogen-bond donors (Lipinski definition) is 2. The first kappa shape index (κ1) is 19.3. The Morgan fingerprint density at radius 3 is 1.89 bits per heavy atom. The molecule has 3 rings (SSSR count). The van der Waals surface area contributed by atoms with E-state index in [1.165, 1.54) is 6.07 Å². The zero-order chi connectivity index (χ0) is 19.4. The van der Waals surface area contributed by atoms with Crippen LogP contribution in [0.15, 0.2) is 42.5 Å². The van der Waals surface area contributed by atoms with Crippen LogP contribution in [0.3, 0.4) is 0 Å². The van der Waals surface area contributed by atoms with Crippen molar-refractivity contribution in [2.75, 3.05) is 10.6 Å². The minimum absolute atomic E-state index is 0.0864. The zero-order valence-corrected chi connectivity index (χ0v) is 15.2. The molecule has 4 nitrogen and oxygen atoms in total. The van der Waals surface area contributed by atoms with Crippen LogP contribution >= 0.6 is 11.6 Å². The largest absolute Gasteiger partial charge is 0.326 e. The summed E-state index contributed by atoms with van der Waals surface area (Å²) in [7, 11) is 0. The second-order valence-electron chi connectivity index (χ2n) is 6.67. The van der Waals surface area contributed by atoms with Gasteiger partial charge in [-0.25, -0.2) is 8.78 Å². The molecule has 0 radical (unpaired) electrons. The molecule has 0 aliphatic heterocycles.